The second-order valence-electron chi connectivity index (χ2n) is 5.28. The fourth-order valence-electron chi connectivity index (χ4n) is 2.58. The lowest BCUT2D eigenvalue weighted by atomic mass is 9.92. The van der Waals surface area contributed by atoms with Gasteiger partial charge >= 0.3 is 6.18 Å². The van der Waals surface area contributed by atoms with Crippen LogP contribution >= 0.6 is 0 Å². The van der Waals surface area contributed by atoms with Crippen molar-refractivity contribution in [1.29, 1.82) is 0 Å². The molecule has 2 heterocycles. The zero-order valence-electron chi connectivity index (χ0n) is 10.9. The molecule has 3 N–H and O–H groups in total. The van der Waals surface area contributed by atoms with Gasteiger partial charge in [-0.25, -0.2) is 0 Å². The maximum Gasteiger partial charge on any atom is 0.408 e. The minimum Gasteiger partial charge on any atom is -0.351 e. The summed E-state index contributed by atoms with van der Waals surface area (Å²) in [6, 6.07) is -1.89. The Morgan fingerprint density at radius 2 is 2.00 bits per heavy atom. The normalized spacial score (nSPS) is 31.6. The molecular formula is C12H18F3N3O2. The number of hydrogen-bond donors (Lipinski definition) is 3. The molecule has 2 aliphatic rings. The highest BCUT2D eigenvalue weighted by Crippen LogP contribution is 2.28. The molecule has 2 unspecified atom stereocenters. The average Bonchev–Trinajstić information content (AvgIpc) is 2.38. The summed E-state index contributed by atoms with van der Waals surface area (Å²) in [5.41, 5.74) is 0. The lowest BCUT2D eigenvalue weighted by molar-refractivity contribution is -0.171. The van der Waals surface area contributed by atoms with Crippen molar-refractivity contribution < 1.29 is 22.8 Å². The minimum absolute atomic E-state index is 0.0515. The molecule has 20 heavy (non-hydrogen) atoms. The van der Waals surface area contributed by atoms with Gasteiger partial charge in [-0.15, -0.1) is 0 Å². The number of carbonyl (C=O) groups excluding carboxylic acids is 2. The summed E-state index contributed by atoms with van der Waals surface area (Å²) in [7, 11) is 0. The van der Waals surface area contributed by atoms with Gasteiger partial charge in [-0.1, -0.05) is 0 Å². The molecule has 114 valence electrons. The van der Waals surface area contributed by atoms with Gasteiger partial charge in [0, 0.05) is 12.6 Å². The molecule has 0 aromatic rings. The van der Waals surface area contributed by atoms with Gasteiger partial charge in [0.05, 0.1) is 0 Å². The van der Waals surface area contributed by atoms with Gasteiger partial charge < -0.3 is 16.0 Å². The molecule has 8 heteroatoms. The lowest BCUT2D eigenvalue weighted by Crippen LogP contribution is -2.56. The molecular weight excluding hydrogens is 275 g/mol. The highest BCUT2D eigenvalue weighted by Gasteiger charge is 2.46. The van der Waals surface area contributed by atoms with Crippen LogP contribution in [0.5, 0.6) is 0 Å². The van der Waals surface area contributed by atoms with Crippen LogP contribution < -0.4 is 16.0 Å². The second kappa shape index (κ2) is 5.99. The van der Waals surface area contributed by atoms with Crippen LogP contribution in [0, 0.1) is 5.92 Å². The first kappa shape index (κ1) is 15.1. The molecule has 3 atom stereocenters. The molecule has 0 aromatic heterocycles. The van der Waals surface area contributed by atoms with E-state index in [4.69, 9.17) is 0 Å². The Kier molecular flexibility index (Phi) is 4.52. The van der Waals surface area contributed by atoms with E-state index in [2.05, 4.69) is 10.6 Å². The lowest BCUT2D eigenvalue weighted by Gasteiger charge is -2.31. The van der Waals surface area contributed by atoms with Crippen LogP contribution in [0.4, 0.5) is 13.2 Å². The van der Waals surface area contributed by atoms with Crippen molar-refractivity contribution in [3.8, 4) is 0 Å². The highest BCUT2D eigenvalue weighted by molar-refractivity contribution is 6.01. The van der Waals surface area contributed by atoms with Gasteiger partial charge in [-0.05, 0) is 32.2 Å². The predicted octanol–water partition coefficient (Wildman–Crippen LogP) is 0.312. The van der Waals surface area contributed by atoms with E-state index in [1.807, 2.05) is 5.32 Å². The minimum atomic E-state index is -4.45. The SMILES string of the molecule is O=C1NC(C(F)(F)F)CCC1C(=O)N[C@H]1CCCNC1. The van der Waals surface area contributed by atoms with Gasteiger partial charge in [0.25, 0.3) is 0 Å². The predicted molar refractivity (Wildman–Crippen MR) is 64.7 cm³/mol. The Morgan fingerprint density at radius 1 is 1.25 bits per heavy atom. The van der Waals surface area contributed by atoms with E-state index in [1.165, 1.54) is 0 Å². The smallest absolute Gasteiger partial charge is 0.351 e. The summed E-state index contributed by atoms with van der Waals surface area (Å²) in [5, 5.41) is 7.73. The van der Waals surface area contributed by atoms with E-state index in [1.54, 1.807) is 0 Å². The molecule has 2 amide bonds. The zero-order valence-corrected chi connectivity index (χ0v) is 10.9. The van der Waals surface area contributed by atoms with Crippen molar-refractivity contribution in [3.63, 3.8) is 0 Å². The van der Waals surface area contributed by atoms with Crippen LogP contribution in [0.25, 0.3) is 0 Å². The van der Waals surface area contributed by atoms with Crippen LogP contribution in [-0.2, 0) is 9.59 Å². The van der Waals surface area contributed by atoms with Crippen molar-refractivity contribution in [3.05, 3.63) is 0 Å². The third kappa shape index (κ3) is 3.62. The van der Waals surface area contributed by atoms with Crippen molar-refractivity contribution in [2.75, 3.05) is 13.1 Å². The fraction of sp³-hybridized carbons (Fsp3) is 0.833. The number of halogens is 3. The van der Waals surface area contributed by atoms with Gasteiger partial charge in [0.15, 0.2) is 0 Å². The first-order valence-electron chi connectivity index (χ1n) is 6.76. The van der Waals surface area contributed by atoms with E-state index in [-0.39, 0.29) is 18.9 Å². The van der Waals surface area contributed by atoms with Crippen LogP contribution in [0.2, 0.25) is 0 Å². The van der Waals surface area contributed by atoms with Crippen LogP contribution in [0.15, 0.2) is 0 Å². The third-order valence-electron chi connectivity index (χ3n) is 3.73. The largest absolute Gasteiger partial charge is 0.408 e. The maximum absolute atomic E-state index is 12.5. The molecule has 0 spiro atoms. The molecule has 0 aromatic carbocycles. The monoisotopic (exact) mass is 293 g/mol. The number of rotatable bonds is 2. The molecule has 0 radical (unpaired) electrons. The van der Waals surface area contributed by atoms with Crippen LogP contribution in [0.1, 0.15) is 25.7 Å². The fourth-order valence-corrected chi connectivity index (χ4v) is 2.58. The Morgan fingerprint density at radius 3 is 2.55 bits per heavy atom. The Hall–Kier alpha value is -1.31. The summed E-state index contributed by atoms with van der Waals surface area (Å²) in [6.45, 7) is 1.52. The van der Waals surface area contributed by atoms with Crippen molar-refractivity contribution >= 4 is 11.8 Å². The first-order valence-corrected chi connectivity index (χ1v) is 6.76. The van der Waals surface area contributed by atoms with E-state index < -0.39 is 30.0 Å². The summed E-state index contributed by atoms with van der Waals surface area (Å²) in [6.07, 6.45) is -3.03. The van der Waals surface area contributed by atoms with Crippen molar-refractivity contribution in [2.45, 2.75) is 43.9 Å². The number of alkyl halides is 3. The summed E-state index contributed by atoms with van der Waals surface area (Å²) in [4.78, 5) is 23.6. The van der Waals surface area contributed by atoms with Gasteiger partial charge in [0.1, 0.15) is 12.0 Å². The molecule has 2 aliphatic heterocycles. The van der Waals surface area contributed by atoms with Gasteiger partial charge in [-0.3, -0.25) is 9.59 Å². The number of nitrogens with one attached hydrogen (secondary N) is 3. The van der Waals surface area contributed by atoms with Gasteiger partial charge in [0.2, 0.25) is 11.8 Å². The molecule has 5 nitrogen and oxygen atoms in total. The number of carbonyl (C=O) groups is 2. The topological polar surface area (TPSA) is 70.2 Å². The molecule has 2 fully saturated rings. The van der Waals surface area contributed by atoms with Crippen LogP contribution in [0.3, 0.4) is 0 Å². The zero-order chi connectivity index (χ0) is 14.8. The van der Waals surface area contributed by atoms with E-state index in [9.17, 15) is 22.8 Å². The molecule has 0 bridgehead atoms. The third-order valence-corrected chi connectivity index (χ3v) is 3.73. The van der Waals surface area contributed by atoms with Crippen LogP contribution in [-0.4, -0.2) is 43.2 Å². The Bertz CT molecular complexity index is 381. The number of hydrogen-bond acceptors (Lipinski definition) is 3. The Balaban J connectivity index is 1.87. The van der Waals surface area contributed by atoms with E-state index in [0.29, 0.717) is 6.54 Å². The Labute approximate surface area is 114 Å². The second-order valence-corrected chi connectivity index (χ2v) is 5.28. The maximum atomic E-state index is 12.5. The number of piperidine rings is 2. The molecule has 0 saturated carbocycles. The summed E-state index contributed by atoms with van der Waals surface area (Å²) < 4.78 is 37.5. The molecule has 2 saturated heterocycles. The standard InChI is InChI=1S/C12H18F3N3O2/c13-12(14,15)9-4-3-8(11(20)18-9)10(19)17-7-2-1-5-16-6-7/h7-9,16H,1-6H2,(H,17,19)(H,18,20)/t7-,8?,9?/m0/s1. The summed E-state index contributed by atoms with van der Waals surface area (Å²) in [5.74, 6) is -2.33. The van der Waals surface area contributed by atoms with E-state index >= 15 is 0 Å². The molecule has 0 aliphatic carbocycles. The number of amides is 2. The first-order chi connectivity index (χ1) is 9.38. The molecule has 2 rings (SSSR count). The van der Waals surface area contributed by atoms with Crippen molar-refractivity contribution in [2.24, 2.45) is 5.92 Å². The van der Waals surface area contributed by atoms with Gasteiger partial charge in [-0.2, -0.15) is 13.2 Å². The highest BCUT2D eigenvalue weighted by atomic mass is 19.4. The quantitative estimate of drug-likeness (QED) is 0.642. The van der Waals surface area contributed by atoms with Crippen molar-refractivity contribution in [1.82, 2.24) is 16.0 Å². The average molecular weight is 293 g/mol. The van der Waals surface area contributed by atoms with E-state index in [0.717, 1.165) is 19.4 Å². The summed E-state index contributed by atoms with van der Waals surface area (Å²) >= 11 is 0.